The number of aliphatic hydroxyl groups is 1. The first-order chi connectivity index (χ1) is 21.8. The number of hydrogen-bond acceptors (Lipinski definition) is 5. The van der Waals surface area contributed by atoms with Crippen LogP contribution in [0.1, 0.15) is 114 Å². The van der Waals surface area contributed by atoms with Gasteiger partial charge in [-0.15, -0.1) is 0 Å². The van der Waals surface area contributed by atoms with Gasteiger partial charge in [0, 0.05) is 12.1 Å². The van der Waals surface area contributed by atoms with Gasteiger partial charge in [-0.3, -0.25) is 4.79 Å². The van der Waals surface area contributed by atoms with E-state index in [1.807, 2.05) is 18.2 Å². The molecule has 2 N–H and O–H groups in total. The van der Waals surface area contributed by atoms with Crippen molar-refractivity contribution >= 4 is 5.97 Å². The van der Waals surface area contributed by atoms with Gasteiger partial charge in [0.15, 0.2) is 11.5 Å². The van der Waals surface area contributed by atoms with Gasteiger partial charge < -0.3 is 24.6 Å². The van der Waals surface area contributed by atoms with Crippen molar-refractivity contribution in [3.8, 4) is 11.5 Å². The molecule has 1 heterocycles. The number of aliphatic carboxylic acids is 1. The van der Waals surface area contributed by atoms with Crippen LogP contribution in [-0.2, 0) is 16.8 Å². The van der Waals surface area contributed by atoms with E-state index in [0.717, 1.165) is 50.9 Å². The Morgan fingerprint density at radius 1 is 0.889 bits per heavy atom. The van der Waals surface area contributed by atoms with Crippen LogP contribution in [0, 0.1) is 17.7 Å². The molecule has 0 bridgehead atoms. The van der Waals surface area contributed by atoms with Crippen molar-refractivity contribution in [1.29, 1.82) is 0 Å². The number of methoxy groups -OCH3 is 2. The lowest BCUT2D eigenvalue weighted by Gasteiger charge is -2.45. The number of carbonyl (C=O) groups is 1. The van der Waals surface area contributed by atoms with Crippen LogP contribution in [0.2, 0.25) is 0 Å². The molecule has 0 radical (unpaired) electrons. The molecule has 1 aliphatic rings. The summed E-state index contributed by atoms with van der Waals surface area (Å²) in [5.41, 5.74) is -0.0167. The number of nitrogens with zero attached hydrogens (tertiary/aromatic N) is 1. The van der Waals surface area contributed by atoms with Gasteiger partial charge in [-0.25, -0.2) is 4.39 Å². The number of rotatable bonds is 22. The van der Waals surface area contributed by atoms with Crippen LogP contribution < -0.4 is 9.47 Å². The van der Waals surface area contributed by atoms with E-state index in [-0.39, 0.29) is 11.7 Å². The molecule has 0 aliphatic carbocycles. The number of piperidine rings is 1. The summed E-state index contributed by atoms with van der Waals surface area (Å²) in [6.45, 7) is 4.59. The fourth-order valence-corrected chi connectivity index (χ4v) is 7.15. The highest BCUT2D eigenvalue weighted by Crippen LogP contribution is 2.49. The van der Waals surface area contributed by atoms with Crippen LogP contribution in [0.15, 0.2) is 42.5 Å². The fourth-order valence-electron chi connectivity index (χ4n) is 7.15. The lowest BCUT2D eigenvalue weighted by Crippen LogP contribution is -2.50. The van der Waals surface area contributed by atoms with Gasteiger partial charge >= 0.3 is 5.97 Å². The number of likely N-dealkylation sites (tertiary alicyclic amines) is 1. The molecule has 1 saturated heterocycles. The quantitative estimate of drug-likeness (QED) is 0.127. The minimum atomic E-state index is -1.60. The second-order valence-corrected chi connectivity index (χ2v) is 12.9. The number of para-hydroxylation sites is 1. The van der Waals surface area contributed by atoms with Crippen LogP contribution in [0.3, 0.4) is 0 Å². The van der Waals surface area contributed by atoms with Crippen molar-refractivity contribution < 1.29 is 28.9 Å². The highest BCUT2D eigenvalue weighted by atomic mass is 19.1. The van der Waals surface area contributed by atoms with Gasteiger partial charge in [0.25, 0.3) is 0 Å². The van der Waals surface area contributed by atoms with E-state index in [1.165, 1.54) is 69.9 Å². The zero-order chi connectivity index (χ0) is 32.5. The van der Waals surface area contributed by atoms with Crippen LogP contribution in [0.4, 0.5) is 4.39 Å². The first-order valence-corrected chi connectivity index (χ1v) is 17.5. The minimum Gasteiger partial charge on any atom is -0.493 e. The second-order valence-electron chi connectivity index (χ2n) is 12.9. The molecule has 0 saturated carbocycles. The van der Waals surface area contributed by atoms with E-state index in [2.05, 4.69) is 11.8 Å². The van der Waals surface area contributed by atoms with Crippen LogP contribution in [0.5, 0.6) is 11.5 Å². The molecule has 45 heavy (non-hydrogen) atoms. The normalized spacial score (nSPS) is 16.3. The van der Waals surface area contributed by atoms with E-state index in [1.54, 1.807) is 26.4 Å². The number of carboxylic acid groups (broad SMARTS) is 1. The van der Waals surface area contributed by atoms with E-state index < -0.39 is 17.5 Å². The van der Waals surface area contributed by atoms with Crippen molar-refractivity contribution in [3.63, 3.8) is 0 Å². The molecular weight excluding hydrogens is 569 g/mol. The molecule has 6 nitrogen and oxygen atoms in total. The highest BCUT2D eigenvalue weighted by Gasteiger charge is 2.51. The highest BCUT2D eigenvalue weighted by molar-refractivity contribution is 5.73. The Balaban J connectivity index is 1.64. The molecule has 1 fully saturated rings. The third-order valence-corrected chi connectivity index (χ3v) is 9.85. The van der Waals surface area contributed by atoms with E-state index >= 15 is 0 Å². The van der Waals surface area contributed by atoms with E-state index in [0.29, 0.717) is 36.3 Å². The Morgan fingerprint density at radius 2 is 1.47 bits per heavy atom. The van der Waals surface area contributed by atoms with Gasteiger partial charge in [0.05, 0.1) is 20.1 Å². The van der Waals surface area contributed by atoms with Crippen molar-refractivity contribution in [2.75, 3.05) is 33.9 Å². The Morgan fingerprint density at radius 3 is 2.00 bits per heavy atom. The van der Waals surface area contributed by atoms with Gasteiger partial charge in [-0.05, 0) is 68.5 Å². The Bertz CT molecular complexity index is 1120. The van der Waals surface area contributed by atoms with Crippen molar-refractivity contribution in [2.45, 2.75) is 115 Å². The molecule has 7 heteroatoms. The third-order valence-electron chi connectivity index (χ3n) is 9.85. The molecule has 2 aromatic rings. The molecule has 2 aromatic carbocycles. The summed E-state index contributed by atoms with van der Waals surface area (Å²) < 4.78 is 24.6. The number of carboxylic acids is 1. The monoisotopic (exact) mass is 627 g/mol. The summed E-state index contributed by atoms with van der Waals surface area (Å²) in [4.78, 5) is 15.3. The van der Waals surface area contributed by atoms with Crippen molar-refractivity contribution in [1.82, 2.24) is 4.90 Å². The van der Waals surface area contributed by atoms with Gasteiger partial charge in [-0.2, -0.15) is 0 Å². The number of halogens is 1. The number of hydrogen-bond donors (Lipinski definition) is 2. The molecule has 2 unspecified atom stereocenters. The molecule has 0 spiro atoms. The summed E-state index contributed by atoms with van der Waals surface area (Å²) in [5.74, 6) is -1.52. The summed E-state index contributed by atoms with van der Waals surface area (Å²) in [7, 11) is 3.10. The number of unbranched alkanes of at least 4 members (excludes halogenated alkanes) is 11. The Labute approximate surface area is 271 Å². The zero-order valence-corrected chi connectivity index (χ0v) is 28.1. The third kappa shape index (κ3) is 11.0. The SMILES string of the molecule is CCCCCCCCCCCCCCC(C(=O)O)C(O)(c1cccc(OC)c1OC)C1CCN(CCc2ccc(F)cc2)CC1. The first-order valence-electron chi connectivity index (χ1n) is 17.5. The summed E-state index contributed by atoms with van der Waals surface area (Å²) in [5, 5.41) is 23.3. The predicted molar refractivity (Wildman–Crippen MR) is 180 cm³/mol. The van der Waals surface area contributed by atoms with Gasteiger partial charge in [-0.1, -0.05) is 108 Å². The fraction of sp³-hybridized carbons (Fsp3) is 0.658. The average molecular weight is 628 g/mol. The van der Waals surface area contributed by atoms with Crippen LogP contribution >= 0.6 is 0 Å². The Hall–Kier alpha value is -2.64. The molecular formula is C38H58FNO5. The molecule has 1 aliphatic heterocycles. The van der Waals surface area contributed by atoms with Crippen LogP contribution in [-0.4, -0.2) is 54.9 Å². The molecule has 0 amide bonds. The summed E-state index contributed by atoms with van der Waals surface area (Å²) >= 11 is 0. The average Bonchev–Trinajstić information content (AvgIpc) is 3.06. The first kappa shape index (κ1) is 36.8. The lowest BCUT2D eigenvalue weighted by atomic mass is 9.67. The second kappa shape index (κ2) is 19.8. The molecule has 0 aromatic heterocycles. The van der Waals surface area contributed by atoms with E-state index in [9.17, 15) is 19.4 Å². The standard InChI is InChI=1S/C38H58FNO5/c1-4-5-6-7-8-9-10-11-12-13-14-15-17-34(37(41)42)38(43,33-18-16-19-35(44-2)36(33)45-3)31-25-28-40(29-26-31)27-24-30-20-22-32(39)23-21-30/h16,18-23,31,34,43H,4-15,17,24-29H2,1-3H3,(H,41,42). The largest absolute Gasteiger partial charge is 0.493 e. The predicted octanol–water partition coefficient (Wildman–Crippen LogP) is 8.78. The maximum atomic E-state index is 13.3. The molecule has 2 atom stereocenters. The molecule has 252 valence electrons. The van der Waals surface area contributed by atoms with Crippen molar-refractivity contribution in [2.24, 2.45) is 11.8 Å². The van der Waals surface area contributed by atoms with Crippen LogP contribution in [0.25, 0.3) is 0 Å². The maximum Gasteiger partial charge on any atom is 0.309 e. The summed E-state index contributed by atoms with van der Waals surface area (Å²) in [6, 6.07) is 12.0. The number of ether oxygens (including phenoxy) is 2. The van der Waals surface area contributed by atoms with Crippen molar-refractivity contribution in [3.05, 3.63) is 59.4 Å². The smallest absolute Gasteiger partial charge is 0.309 e. The molecule has 3 rings (SSSR count). The van der Waals surface area contributed by atoms with Gasteiger partial charge in [0.2, 0.25) is 0 Å². The topological polar surface area (TPSA) is 79.2 Å². The minimum absolute atomic E-state index is 0.233. The van der Waals surface area contributed by atoms with Gasteiger partial charge in [0.1, 0.15) is 11.4 Å². The maximum absolute atomic E-state index is 13.3. The Kier molecular flexibility index (Phi) is 16.2. The number of benzene rings is 2. The lowest BCUT2D eigenvalue weighted by molar-refractivity contribution is -0.163. The van der Waals surface area contributed by atoms with E-state index in [4.69, 9.17) is 9.47 Å². The zero-order valence-electron chi connectivity index (χ0n) is 28.1. The summed E-state index contributed by atoms with van der Waals surface area (Å²) in [6.07, 6.45) is 17.1.